The van der Waals surface area contributed by atoms with Gasteiger partial charge in [0.15, 0.2) is 0 Å². The van der Waals surface area contributed by atoms with Crippen LogP contribution < -0.4 is 9.64 Å². The van der Waals surface area contributed by atoms with E-state index in [-0.39, 0.29) is 17.6 Å². The van der Waals surface area contributed by atoms with Gasteiger partial charge in [-0.05, 0) is 38.8 Å². The topological polar surface area (TPSA) is 61.8 Å². The number of hydrogen-bond acceptors (Lipinski definition) is 6. The SMILES string of the molecule is CN1Cc2ccccc2OC2(CCC(N(C)C(=O)c3cnc(N(C)C)nc3)CC2)C1. The lowest BCUT2D eigenvalue weighted by molar-refractivity contribution is -0.00843. The Bertz CT molecular complexity index is 891. The predicted molar refractivity (Wildman–Crippen MR) is 117 cm³/mol. The molecule has 1 aromatic carbocycles. The number of likely N-dealkylation sites (N-methyl/N-ethyl adjacent to an activating group) is 1. The van der Waals surface area contributed by atoms with Gasteiger partial charge in [0.2, 0.25) is 5.95 Å². The monoisotopic (exact) mass is 409 g/mol. The molecule has 1 spiro atoms. The van der Waals surface area contributed by atoms with Gasteiger partial charge in [0.1, 0.15) is 11.4 Å². The van der Waals surface area contributed by atoms with Crippen molar-refractivity contribution >= 4 is 11.9 Å². The highest BCUT2D eigenvalue weighted by Crippen LogP contribution is 2.39. The second kappa shape index (κ2) is 8.22. The van der Waals surface area contributed by atoms with Crippen molar-refractivity contribution in [1.82, 2.24) is 19.8 Å². The summed E-state index contributed by atoms with van der Waals surface area (Å²) in [4.78, 5) is 27.5. The number of rotatable bonds is 3. The van der Waals surface area contributed by atoms with E-state index in [0.717, 1.165) is 44.5 Å². The van der Waals surface area contributed by atoms with E-state index in [1.54, 1.807) is 12.4 Å². The molecule has 0 N–H and O–H groups in total. The second-order valence-corrected chi connectivity index (χ2v) is 8.88. The highest BCUT2D eigenvalue weighted by Gasteiger charge is 2.41. The van der Waals surface area contributed by atoms with Crippen LogP contribution in [0.2, 0.25) is 0 Å². The third-order valence-electron chi connectivity index (χ3n) is 6.32. The minimum absolute atomic E-state index is 0.0227. The first-order valence-corrected chi connectivity index (χ1v) is 10.6. The number of anilines is 1. The minimum Gasteiger partial charge on any atom is -0.486 e. The van der Waals surface area contributed by atoms with Gasteiger partial charge in [-0.15, -0.1) is 0 Å². The third-order valence-corrected chi connectivity index (χ3v) is 6.32. The number of benzene rings is 1. The number of nitrogens with zero attached hydrogens (tertiary/aromatic N) is 5. The van der Waals surface area contributed by atoms with Crippen molar-refractivity contribution in [3.63, 3.8) is 0 Å². The summed E-state index contributed by atoms with van der Waals surface area (Å²) in [5.74, 6) is 1.58. The summed E-state index contributed by atoms with van der Waals surface area (Å²) in [6, 6.07) is 8.53. The first-order valence-electron chi connectivity index (χ1n) is 10.6. The van der Waals surface area contributed by atoms with Crippen molar-refractivity contribution in [2.24, 2.45) is 0 Å². The zero-order valence-corrected chi connectivity index (χ0v) is 18.3. The molecule has 7 heteroatoms. The molecule has 0 atom stereocenters. The molecule has 2 aromatic rings. The fourth-order valence-electron chi connectivity index (χ4n) is 4.65. The van der Waals surface area contributed by atoms with Gasteiger partial charge in [0.05, 0.1) is 5.56 Å². The van der Waals surface area contributed by atoms with E-state index in [2.05, 4.69) is 40.1 Å². The van der Waals surface area contributed by atoms with Gasteiger partial charge in [-0.1, -0.05) is 18.2 Å². The van der Waals surface area contributed by atoms with E-state index < -0.39 is 0 Å². The molecule has 0 unspecified atom stereocenters. The number of para-hydroxylation sites is 1. The van der Waals surface area contributed by atoms with Crippen LogP contribution in [0, 0.1) is 0 Å². The first-order chi connectivity index (χ1) is 14.4. The maximum atomic E-state index is 13.0. The summed E-state index contributed by atoms with van der Waals surface area (Å²) in [5.41, 5.74) is 1.59. The Kier molecular flexibility index (Phi) is 5.64. The fourth-order valence-corrected chi connectivity index (χ4v) is 4.65. The average molecular weight is 410 g/mol. The Morgan fingerprint density at radius 2 is 1.80 bits per heavy atom. The maximum Gasteiger partial charge on any atom is 0.256 e. The molecule has 1 aliphatic carbocycles. The Morgan fingerprint density at radius 3 is 2.47 bits per heavy atom. The molecule has 1 aliphatic heterocycles. The number of aromatic nitrogens is 2. The van der Waals surface area contributed by atoms with E-state index in [9.17, 15) is 4.79 Å². The number of amides is 1. The average Bonchev–Trinajstić information content (AvgIpc) is 2.88. The Hall–Kier alpha value is -2.67. The van der Waals surface area contributed by atoms with Gasteiger partial charge < -0.3 is 14.5 Å². The van der Waals surface area contributed by atoms with E-state index in [0.29, 0.717) is 11.5 Å². The summed E-state index contributed by atoms with van der Waals surface area (Å²) >= 11 is 0. The summed E-state index contributed by atoms with van der Waals surface area (Å²) in [6.45, 7) is 1.81. The molecule has 1 fully saturated rings. The third kappa shape index (κ3) is 4.12. The fraction of sp³-hybridized carbons (Fsp3) is 0.522. The van der Waals surface area contributed by atoms with Crippen LogP contribution in [0.3, 0.4) is 0 Å². The molecule has 7 nitrogen and oxygen atoms in total. The van der Waals surface area contributed by atoms with Crippen molar-refractivity contribution in [3.05, 3.63) is 47.8 Å². The van der Waals surface area contributed by atoms with E-state index in [1.807, 2.05) is 37.0 Å². The molecule has 160 valence electrons. The number of carbonyl (C=O) groups excluding carboxylic acids is 1. The smallest absolute Gasteiger partial charge is 0.256 e. The van der Waals surface area contributed by atoms with E-state index in [4.69, 9.17) is 4.74 Å². The molecule has 2 heterocycles. The molecule has 2 aliphatic rings. The van der Waals surface area contributed by atoms with Crippen LogP contribution >= 0.6 is 0 Å². The Labute approximate surface area is 178 Å². The number of fused-ring (bicyclic) bond motifs is 1. The molecule has 1 amide bonds. The Balaban J connectivity index is 1.43. The second-order valence-electron chi connectivity index (χ2n) is 8.88. The van der Waals surface area contributed by atoms with Gasteiger partial charge in [0, 0.05) is 58.2 Å². The quantitative estimate of drug-likeness (QED) is 0.777. The lowest BCUT2D eigenvalue weighted by atomic mass is 9.81. The van der Waals surface area contributed by atoms with Crippen LogP contribution in [0.25, 0.3) is 0 Å². The molecule has 30 heavy (non-hydrogen) atoms. The highest BCUT2D eigenvalue weighted by molar-refractivity contribution is 5.93. The summed E-state index contributed by atoms with van der Waals surface area (Å²) in [7, 11) is 7.81. The van der Waals surface area contributed by atoms with Gasteiger partial charge in [-0.3, -0.25) is 9.69 Å². The van der Waals surface area contributed by atoms with Gasteiger partial charge in [-0.25, -0.2) is 9.97 Å². The van der Waals surface area contributed by atoms with Crippen molar-refractivity contribution in [3.8, 4) is 5.75 Å². The van der Waals surface area contributed by atoms with E-state index >= 15 is 0 Å². The molecule has 4 rings (SSSR count). The normalized spacial score (nSPS) is 23.9. The Morgan fingerprint density at radius 1 is 1.13 bits per heavy atom. The lowest BCUT2D eigenvalue weighted by Crippen LogP contribution is -2.51. The van der Waals surface area contributed by atoms with Gasteiger partial charge in [0.25, 0.3) is 5.91 Å². The number of ether oxygens (including phenoxy) is 1. The lowest BCUT2D eigenvalue weighted by Gasteiger charge is -2.43. The minimum atomic E-state index is -0.182. The van der Waals surface area contributed by atoms with Crippen molar-refractivity contribution < 1.29 is 9.53 Å². The van der Waals surface area contributed by atoms with Crippen molar-refractivity contribution in [2.75, 3.05) is 39.6 Å². The van der Waals surface area contributed by atoms with Crippen LogP contribution in [0.15, 0.2) is 36.7 Å². The van der Waals surface area contributed by atoms with E-state index in [1.165, 1.54) is 5.56 Å². The van der Waals surface area contributed by atoms with Crippen LogP contribution in [-0.4, -0.2) is 72.1 Å². The standard InChI is InChI=1S/C23H31N5O2/c1-26(2)22-24-13-18(14-25-22)21(29)28(4)19-9-11-23(12-10-19)16-27(3)15-17-7-5-6-8-20(17)30-23/h5-8,13-14,19H,9-12,15-16H2,1-4H3. The van der Waals surface area contributed by atoms with Crippen LogP contribution in [-0.2, 0) is 6.54 Å². The van der Waals surface area contributed by atoms with Crippen LogP contribution in [0.4, 0.5) is 5.95 Å². The summed E-state index contributed by atoms with van der Waals surface area (Å²) < 4.78 is 6.59. The molecule has 1 aromatic heterocycles. The largest absolute Gasteiger partial charge is 0.486 e. The highest BCUT2D eigenvalue weighted by atomic mass is 16.5. The number of hydrogen-bond donors (Lipinski definition) is 0. The summed E-state index contributed by atoms with van der Waals surface area (Å²) in [6.07, 6.45) is 6.95. The zero-order valence-electron chi connectivity index (χ0n) is 18.3. The molecular formula is C23H31N5O2. The maximum absolute atomic E-state index is 13.0. The van der Waals surface area contributed by atoms with Crippen LogP contribution in [0.1, 0.15) is 41.6 Å². The van der Waals surface area contributed by atoms with Crippen LogP contribution in [0.5, 0.6) is 5.75 Å². The van der Waals surface area contributed by atoms with Gasteiger partial charge >= 0.3 is 0 Å². The molecule has 0 bridgehead atoms. The van der Waals surface area contributed by atoms with Crippen molar-refractivity contribution in [1.29, 1.82) is 0 Å². The molecular weight excluding hydrogens is 378 g/mol. The molecule has 0 saturated heterocycles. The summed E-state index contributed by atoms with van der Waals surface area (Å²) in [5, 5.41) is 0. The van der Waals surface area contributed by atoms with Crippen molar-refractivity contribution in [2.45, 2.75) is 43.9 Å². The van der Waals surface area contributed by atoms with Gasteiger partial charge in [-0.2, -0.15) is 0 Å². The first kappa shape index (κ1) is 20.6. The zero-order chi connectivity index (χ0) is 21.3. The number of carbonyl (C=O) groups is 1. The molecule has 1 saturated carbocycles. The molecule has 0 radical (unpaired) electrons. The predicted octanol–water partition coefficient (Wildman–Crippen LogP) is 2.82.